The van der Waals surface area contributed by atoms with Crippen LogP contribution in [0.5, 0.6) is 5.75 Å². The lowest BCUT2D eigenvalue weighted by molar-refractivity contribution is 0.384. The number of benzene rings is 1. The predicted molar refractivity (Wildman–Crippen MR) is 40.7 cm³/mol. The third-order valence-corrected chi connectivity index (χ3v) is 1.39. The second-order valence-corrected chi connectivity index (χ2v) is 2.14. The Balaban J connectivity index is 3.29. The van der Waals surface area contributed by atoms with Gasteiger partial charge < -0.3 is 4.74 Å². The number of aliphatic imine (C=N–C) groups is 1. The van der Waals surface area contributed by atoms with E-state index in [4.69, 9.17) is 0 Å². The van der Waals surface area contributed by atoms with Crippen LogP contribution >= 0.6 is 0 Å². The predicted octanol–water partition coefficient (Wildman–Crippen LogP) is 1.94. The van der Waals surface area contributed by atoms with Crippen LogP contribution in [0.1, 0.15) is 0 Å². The molecule has 0 heterocycles. The van der Waals surface area contributed by atoms with Gasteiger partial charge in [0.25, 0.3) is 0 Å². The van der Waals surface area contributed by atoms with Gasteiger partial charge in [0, 0.05) is 12.1 Å². The maximum absolute atomic E-state index is 12.8. The smallest absolute Gasteiger partial charge is 0.240 e. The van der Waals surface area contributed by atoms with E-state index in [9.17, 15) is 13.6 Å². The normalized spacial score (nSPS) is 9.15. The molecule has 0 saturated heterocycles. The highest BCUT2D eigenvalue weighted by molar-refractivity contribution is 5.52. The first-order chi connectivity index (χ1) is 6.19. The summed E-state index contributed by atoms with van der Waals surface area (Å²) in [6.07, 6.45) is 1.15. The van der Waals surface area contributed by atoms with Crippen molar-refractivity contribution in [1.82, 2.24) is 0 Å². The summed E-state index contributed by atoms with van der Waals surface area (Å²) in [5.74, 6) is -1.94. The number of rotatable bonds is 2. The fourth-order valence-electron chi connectivity index (χ4n) is 0.810. The van der Waals surface area contributed by atoms with Gasteiger partial charge in [-0.15, -0.1) is 0 Å². The summed E-state index contributed by atoms with van der Waals surface area (Å²) in [4.78, 5) is 12.8. The number of carbonyl (C=O) groups excluding carboxylic acids is 1. The van der Waals surface area contributed by atoms with Gasteiger partial charge in [-0.2, -0.15) is 4.99 Å². The molecule has 0 aliphatic heterocycles. The van der Waals surface area contributed by atoms with E-state index in [1.165, 1.54) is 7.11 Å². The van der Waals surface area contributed by atoms with Crippen LogP contribution in [0.15, 0.2) is 17.1 Å². The summed E-state index contributed by atoms with van der Waals surface area (Å²) >= 11 is 0. The number of hydrogen-bond donors (Lipinski definition) is 0. The van der Waals surface area contributed by atoms with Gasteiger partial charge in [0.05, 0.1) is 7.11 Å². The van der Waals surface area contributed by atoms with E-state index in [1.807, 2.05) is 0 Å². The number of methoxy groups -OCH3 is 1. The van der Waals surface area contributed by atoms with Gasteiger partial charge in [-0.1, -0.05) is 0 Å². The summed E-state index contributed by atoms with van der Waals surface area (Å²) in [6, 6.07) is 1.57. The monoisotopic (exact) mass is 185 g/mol. The van der Waals surface area contributed by atoms with Crippen LogP contribution in [0.2, 0.25) is 0 Å². The molecule has 0 unspecified atom stereocenters. The van der Waals surface area contributed by atoms with Crippen LogP contribution < -0.4 is 4.74 Å². The Labute approximate surface area is 72.7 Å². The Morgan fingerprint density at radius 3 is 2.62 bits per heavy atom. The molecule has 0 saturated carbocycles. The molecule has 1 rings (SSSR count). The van der Waals surface area contributed by atoms with Crippen molar-refractivity contribution in [2.45, 2.75) is 0 Å². The first-order valence-corrected chi connectivity index (χ1v) is 3.30. The number of nitrogens with zero attached hydrogens (tertiary/aromatic N) is 1. The van der Waals surface area contributed by atoms with Gasteiger partial charge in [-0.05, 0) is 0 Å². The molecule has 0 aliphatic rings. The molecule has 0 aromatic heterocycles. The summed E-state index contributed by atoms with van der Waals surface area (Å²) in [5.41, 5.74) is -0.298. The maximum Gasteiger partial charge on any atom is 0.240 e. The largest absolute Gasteiger partial charge is 0.494 e. The van der Waals surface area contributed by atoms with Gasteiger partial charge >= 0.3 is 0 Å². The van der Waals surface area contributed by atoms with Crippen LogP contribution in [0.4, 0.5) is 14.5 Å². The van der Waals surface area contributed by atoms with E-state index in [1.54, 1.807) is 0 Å². The zero-order valence-electron chi connectivity index (χ0n) is 6.67. The maximum atomic E-state index is 12.8. The summed E-state index contributed by atoms with van der Waals surface area (Å²) < 4.78 is 30.1. The molecule has 3 nitrogen and oxygen atoms in total. The molecular weight excluding hydrogens is 180 g/mol. The second kappa shape index (κ2) is 3.78. The standard InChI is InChI=1S/C8H5F2NO2/c1-13-8-3-7(11-4-12)5(9)2-6(8)10/h2-3H,1H3. The molecule has 1 aromatic rings. The van der Waals surface area contributed by atoms with Crippen molar-refractivity contribution in [3.63, 3.8) is 0 Å². The topological polar surface area (TPSA) is 38.7 Å². The zero-order chi connectivity index (χ0) is 9.84. The minimum Gasteiger partial charge on any atom is -0.494 e. The highest BCUT2D eigenvalue weighted by Crippen LogP contribution is 2.26. The summed E-state index contributed by atoms with van der Waals surface area (Å²) in [5, 5.41) is 0. The van der Waals surface area contributed by atoms with Crippen molar-refractivity contribution < 1.29 is 18.3 Å². The van der Waals surface area contributed by atoms with Crippen LogP contribution in [0.25, 0.3) is 0 Å². The van der Waals surface area contributed by atoms with E-state index >= 15 is 0 Å². The van der Waals surface area contributed by atoms with Crippen molar-refractivity contribution >= 4 is 11.8 Å². The highest BCUT2D eigenvalue weighted by atomic mass is 19.1. The Kier molecular flexibility index (Phi) is 2.72. The molecule has 0 amide bonds. The molecular formula is C8H5F2NO2. The van der Waals surface area contributed by atoms with Gasteiger partial charge in [0.1, 0.15) is 5.69 Å². The van der Waals surface area contributed by atoms with E-state index in [2.05, 4.69) is 9.73 Å². The second-order valence-electron chi connectivity index (χ2n) is 2.14. The molecule has 0 aliphatic carbocycles. The molecule has 0 bridgehead atoms. The van der Waals surface area contributed by atoms with E-state index < -0.39 is 11.6 Å². The molecule has 0 spiro atoms. The molecule has 13 heavy (non-hydrogen) atoms. The van der Waals surface area contributed by atoms with E-state index in [-0.39, 0.29) is 11.4 Å². The van der Waals surface area contributed by atoms with Crippen LogP contribution in [0, 0.1) is 11.6 Å². The van der Waals surface area contributed by atoms with Crippen LogP contribution in [-0.2, 0) is 4.79 Å². The fourth-order valence-corrected chi connectivity index (χ4v) is 0.810. The van der Waals surface area contributed by atoms with Crippen molar-refractivity contribution in [2.24, 2.45) is 4.99 Å². The number of hydrogen-bond acceptors (Lipinski definition) is 3. The zero-order valence-corrected chi connectivity index (χ0v) is 6.67. The Hall–Kier alpha value is -1.74. The Morgan fingerprint density at radius 2 is 2.08 bits per heavy atom. The van der Waals surface area contributed by atoms with Crippen molar-refractivity contribution in [2.75, 3.05) is 7.11 Å². The van der Waals surface area contributed by atoms with Gasteiger partial charge in [-0.25, -0.2) is 13.6 Å². The third-order valence-electron chi connectivity index (χ3n) is 1.39. The molecule has 0 N–H and O–H groups in total. The number of isocyanates is 1. The van der Waals surface area contributed by atoms with Crippen molar-refractivity contribution in [3.8, 4) is 5.75 Å². The van der Waals surface area contributed by atoms with E-state index in [0.717, 1.165) is 12.1 Å². The molecule has 0 fully saturated rings. The molecule has 0 atom stereocenters. The van der Waals surface area contributed by atoms with Gasteiger partial charge in [0.2, 0.25) is 6.08 Å². The minimum absolute atomic E-state index is 0.171. The lowest BCUT2D eigenvalue weighted by Gasteiger charge is -2.02. The molecule has 5 heteroatoms. The van der Waals surface area contributed by atoms with E-state index in [0.29, 0.717) is 6.07 Å². The average molecular weight is 185 g/mol. The lowest BCUT2D eigenvalue weighted by Crippen LogP contribution is -1.89. The van der Waals surface area contributed by atoms with Gasteiger partial charge in [-0.3, -0.25) is 0 Å². The first kappa shape index (κ1) is 9.35. The van der Waals surface area contributed by atoms with Crippen molar-refractivity contribution in [1.29, 1.82) is 0 Å². The summed E-state index contributed by atoms with van der Waals surface area (Å²) in [7, 11) is 1.23. The summed E-state index contributed by atoms with van der Waals surface area (Å²) in [6.45, 7) is 0. The highest BCUT2D eigenvalue weighted by Gasteiger charge is 2.09. The average Bonchev–Trinajstić information content (AvgIpc) is 2.10. The minimum atomic E-state index is -0.929. The Morgan fingerprint density at radius 1 is 1.38 bits per heavy atom. The SMILES string of the molecule is COc1cc(N=C=O)c(F)cc1F. The quantitative estimate of drug-likeness (QED) is 0.521. The Bertz CT molecular complexity index is 373. The number of ether oxygens (including phenoxy) is 1. The third kappa shape index (κ3) is 1.89. The number of halogens is 2. The van der Waals surface area contributed by atoms with Gasteiger partial charge in [0.15, 0.2) is 17.4 Å². The van der Waals surface area contributed by atoms with Crippen LogP contribution in [-0.4, -0.2) is 13.2 Å². The molecule has 68 valence electrons. The van der Waals surface area contributed by atoms with Crippen molar-refractivity contribution in [3.05, 3.63) is 23.8 Å². The fraction of sp³-hybridized carbons (Fsp3) is 0.125. The van der Waals surface area contributed by atoms with Crippen LogP contribution in [0.3, 0.4) is 0 Å². The lowest BCUT2D eigenvalue weighted by atomic mass is 10.3. The molecule has 1 aromatic carbocycles. The molecule has 0 radical (unpaired) electrons. The first-order valence-electron chi connectivity index (χ1n) is 3.30.